The van der Waals surface area contributed by atoms with Crippen molar-refractivity contribution in [1.29, 1.82) is 0 Å². The Balaban J connectivity index is 0.000000171. The van der Waals surface area contributed by atoms with Gasteiger partial charge in [-0.2, -0.15) is 23.5 Å². The van der Waals surface area contributed by atoms with E-state index in [1.54, 1.807) is 0 Å². The van der Waals surface area contributed by atoms with Crippen LogP contribution in [0.15, 0.2) is 24.4 Å². The summed E-state index contributed by atoms with van der Waals surface area (Å²) < 4.78 is 0. The maximum atomic E-state index is 10.1. The van der Waals surface area contributed by atoms with E-state index in [0.29, 0.717) is 41.4 Å². The second kappa shape index (κ2) is 18.9. The van der Waals surface area contributed by atoms with Gasteiger partial charge >= 0.3 is 19.5 Å². The van der Waals surface area contributed by atoms with Crippen LogP contribution < -0.4 is 12.4 Å². The average Bonchev–Trinajstić information content (AvgIpc) is 3.06. The molecule has 0 spiro atoms. The van der Waals surface area contributed by atoms with E-state index in [-0.39, 0.29) is 43.7 Å². The fourth-order valence-electron chi connectivity index (χ4n) is 8.26. The molecule has 0 amide bonds. The minimum absolute atomic E-state index is 0. The normalized spacial score (nSPS) is 34.3. The molecule has 7 atom stereocenters. The van der Waals surface area contributed by atoms with Crippen LogP contribution in [0.25, 0.3) is 26.8 Å². The summed E-state index contributed by atoms with van der Waals surface area (Å²) in [5.41, 5.74) is 1.85. The van der Waals surface area contributed by atoms with Gasteiger partial charge in [-0.1, -0.05) is 95.6 Å². The molecule has 0 bridgehead atoms. The van der Waals surface area contributed by atoms with Crippen molar-refractivity contribution in [3.05, 3.63) is 56.9 Å². The van der Waals surface area contributed by atoms with Crippen LogP contribution in [0.1, 0.15) is 121 Å². The van der Waals surface area contributed by atoms with Gasteiger partial charge in [0.15, 0.2) is 0 Å². The van der Waals surface area contributed by atoms with Crippen LogP contribution in [0, 0.1) is 23.7 Å². The van der Waals surface area contributed by atoms with Gasteiger partial charge in [0.05, 0.1) is 0 Å². The molecule has 7 unspecified atom stereocenters. The quantitative estimate of drug-likeness (QED) is 0.344. The predicted octanol–water partition coefficient (Wildman–Crippen LogP) is 6.15. The molecule has 1 aromatic heterocycles. The Kier molecular flexibility index (Phi) is 16.1. The van der Waals surface area contributed by atoms with Crippen molar-refractivity contribution in [2.45, 2.75) is 127 Å². The Morgan fingerprint density at radius 1 is 0.571 bits per heavy atom. The zero-order valence-electron chi connectivity index (χ0n) is 25.4. The van der Waals surface area contributed by atoms with E-state index in [0.717, 1.165) is 38.2 Å². The average molecular weight is 680 g/mol. The van der Waals surface area contributed by atoms with Crippen LogP contribution in [0.5, 0.6) is 0 Å². The third-order valence-electron chi connectivity index (χ3n) is 10.4. The smallest absolute Gasteiger partial charge is 1.00 e. The second-order valence-corrected chi connectivity index (χ2v) is 13.0. The van der Waals surface area contributed by atoms with Crippen molar-refractivity contribution in [2.24, 2.45) is 23.7 Å². The molecule has 8 heteroatoms. The second-order valence-electron chi connectivity index (χ2n) is 13.0. The van der Waals surface area contributed by atoms with Crippen LogP contribution in [0.2, 0.25) is 0 Å². The van der Waals surface area contributed by atoms with Crippen molar-refractivity contribution in [1.82, 2.24) is 4.98 Å². The number of rotatable bonds is 2. The molecule has 236 valence electrons. The van der Waals surface area contributed by atoms with E-state index >= 15 is 0 Å². The van der Waals surface area contributed by atoms with Crippen LogP contribution in [-0.4, -0.2) is 48.1 Å². The van der Waals surface area contributed by atoms with Gasteiger partial charge in [0.2, 0.25) is 0 Å². The molecule has 1 aromatic rings. The van der Waals surface area contributed by atoms with Crippen LogP contribution in [-0.2, 0) is 19.5 Å². The van der Waals surface area contributed by atoms with Crippen molar-refractivity contribution in [2.75, 3.05) is 19.6 Å². The first kappa shape index (κ1) is 35.8. The molecule has 0 N–H and O–H groups in total. The van der Waals surface area contributed by atoms with Crippen LogP contribution >= 0.6 is 0 Å². The number of pyridine rings is 1. The predicted molar refractivity (Wildman–Crippen MR) is 168 cm³/mol. The largest absolute Gasteiger partial charge is 2.00 e. The molecule has 0 radical (unpaired) electrons. The number of piperidine rings is 3. The number of halogens is 1. The fourth-order valence-corrected chi connectivity index (χ4v) is 8.26. The minimum Gasteiger partial charge on any atom is -1.00 e. The first-order valence-corrected chi connectivity index (χ1v) is 16.7. The summed E-state index contributed by atoms with van der Waals surface area (Å²) in [6.45, 7) is 3.20. The molecular formula is C34H51ClN6Ru-4. The zero-order valence-corrected chi connectivity index (χ0v) is 27.9. The Morgan fingerprint density at radius 3 is 1.48 bits per heavy atom. The summed E-state index contributed by atoms with van der Waals surface area (Å²) in [5.74, 6) is 1.89. The van der Waals surface area contributed by atoms with Gasteiger partial charge < -0.3 is 39.2 Å². The van der Waals surface area contributed by atoms with E-state index in [2.05, 4.69) is 27.0 Å². The van der Waals surface area contributed by atoms with E-state index in [1.165, 1.54) is 96.3 Å². The molecule has 4 heterocycles. The van der Waals surface area contributed by atoms with Gasteiger partial charge in [-0.25, -0.2) is 0 Å². The number of fused-ring (bicyclic) bond motifs is 3. The van der Waals surface area contributed by atoms with Gasteiger partial charge in [-0.3, -0.25) is 4.98 Å². The van der Waals surface area contributed by atoms with Gasteiger partial charge in [0.25, 0.3) is 0 Å². The topological polar surface area (TPSA) is 99.8 Å². The zero-order chi connectivity index (χ0) is 27.6. The molecule has 3 saturated carbocycles. The van der Waals surface area contributed by atoms with E-state index in [4.69, 9.17) is 0 Å². The summed E-state index contributed by atoms with van der Waals surface area (Å²) in [5, 5.41) is 34.1. The van der Waals surface area contributed by atoms with Crippen LogP contribution in [0.4, 0.5) is 0 Å². The summed E-state index contributed by atoms with van der Waals surface area (Å²) in [4.78, 5) is 4.31. The van der Waals surface area contributed by atoms with Crippen molar-refractivity contribution >= 4 is 11.4 Å². The summed E-state index contributed by atoms with van der Waals surface area (Å²) >= 11 is 0. The number of hydrogen-bond acceptors (Lipinski definition) is 1. The molecule has 3 aliphatic heterocycles. The Hall–Kier alpha value is -0.717. The number of hydrogen-bond donors (Lipinski definition) is 0. The molecular weight excluding hydrogens is 629 g/mol. The van der Waals surface area contributed by atoms with Gasteiger partial charge in [-0.05, 0) is 61.5 Å². The molecule has 42 heavy (non-hydrogen) atoms. The molecule has 3 saturated heterocycles. The van der Waals surface area contributed by atoms with Gasteiger partial charge in [0.1, 0.15) is 0 Å². The standard InChI is InChI=1S/C14H20N2.C10H18N2.C10H13N2.ClH.Ru/c15-13-11-7-3-1-5-9(11)10-6-2-4-8-12(10)14(13)16;2*1-3-7-11-9(5-1)10-6-2-4-8-12-10;;/h9-12H,1-8H2;9-10H,1-8H2;1,3,5,7,10H,2,4,6,8H2;1H;/q2*-2;-1;;+2/p-1. The molecule has 6 fully saturated rings. The molecule has 6 aliphatic rings. The SMILES string of the molecule is C1CCC(C2CCCC[N-]2)[N-]C1.[Cl-].[N-]=C1C(=[N-])C2CCCCC2C2CCCCC12.[Ru+2].c1ccc(C2CCCC[N-]2)nc1. The summed E-state index contributed by atoms with van der Waals surface area (Å²) in [6.07, 6.45) is 23.3. The first-order chi connectivity index (χ1) is 19.7. The molecule has 6 nitrogen and oxygen atoms in total. The Labute approximate surface area is 274 Å². The Morgan fingerprint density at radius 2 is 1.05 bits per heavy atom. The van der Waals surface area contributed by atoms with E-state index in [1.807, 2.05) is 18.3 Å². The number of nitrogens with zero attached hydrogens (tertiary/aromatic N) is 6. The first-order valence-electron chi connectivity index (χ1n) is 16.7. The fraction of sp³-hybridized carbons (Fsp3) is 0.794. The van der Waals surface area contributed by atoms with Crippen molar-refractivity contribution < 1.29 is 31.9 Å². The maximum absolute atomic E-state index is 10.1. The van der Waals surface area contributed by atoms with Crippen molar-refractivity contribution in [3.8, 4) is 0 Å². The molecule has 0 aromatic carbocycles. The molecule has 3 aliphatic carbocycles. The van der Waals surface area contributed by atoms with E-state index in [9.17, 15) is 10.8 Å². The number of aromatic nitrogens is 1. The summed E-state index contributed by atoms with van der Waals surface area (Å²) in [7, 11) is 0. The minimum atomic E-state index is 0. The molecule has 7 rings (SSSR count). The van der Waals surface area contributed by atoms with Crippen LogP contribution in [0.3, 0.4) is 0 Å². The van der Waals surface area contributed by atoms with Gasteiger partial charge in [-0.15, -0.1) is 19.6 Å². The van der Waals surface area contributed by atoms with Crippen molar-refractivity contribution in [3.63, 3.8) is 0 Å². The maximum Gasteiger partial charge on any atom is 2.00 e. The third-order valence-corrected chi connectivity index (χ3v) is 10.4. The van der Waals surface area contributed by atoms with E-state index < -0.39 is 0 Å². The summed E-state index contributed by atoms with van der Waals surface area (Å²) in [6, 6.07) is 7.62. The van der Waals surface area contributed by atoms with Gasteiger partial charge in [0, 0.05) is 11.9 Å². The third kappa shape index (κ3) is 9.64. The Bertz CT molecular complexity index is 866. The monoisotopic (exact) mass is 680 g/mol.